The average Bonchev–Trinajstić information content (AvgIpc) is 2.55. The summed E-state index contributed by atoms with van der Waals surface area (Å²) in [7, 11) is 0. The first-order valence-corrected chi connectivity index (χ1v) is 10.5. The number of nitrogens with zero attached hydrogens (tertiary/aromatic N) is 1. The van der Waals surface area contributed by atoms with E-state index in [1.165, 1.54) is 12.1 Å². The Labute approximate surface area is 179 Å². The molecule has 2 saturated heterocycles. The number of benzene rings is 1. The molecule has 9 heteroatoms. The van der Waals surface area contributed by atoms with Gasteiger partial charge in [0.2, 0.25) is 11.8 Å². The van der Waals surface area contributed by atoms with E-state index in [-0.39, 0.29) is 47.4 Å². The molecule has 2 aliphatic heterocycles. The zero-order valence-electron chi connectivity index (χ0n) is 17.9. The first-order chi connectivity index (χ1) is 14.4. The maximum Gasteiger partial charge on any atom is 0.410 e. The number of hydrogen-bond acceptors (Lipinski definition) is 5. The summed E-state index contributed by atoms with van der Waals surface area (Å²) in [5, 5.41) is 5.02. The van der Waals surface area contributed by atoms with Crippen LogP contribution in [0, 0.1) is 17.0 Å². The Morgan fingerprint density at radius 2 is 1.81 bits per heavy atom. The topological polar surface area (TPSA) is 87.7 Å². The fraction of sp³-hybridized carbons (Fsp3) is 0.591. The maximum absolute atomic E-state index is 14.7. The zero-order chi connectivity index (χ0) is 22.6. The third kappa shape index (κ3) is 4.36. The van der Waals surface area contributed by atoms with E-state index in [0.29, 0.717) is 25.9 Å². The lowest BCUT2D eigenvalue weighted by molar-refractivity contribution is -0.133. The lowest BCUT2D eigenvalue weighted by atomic mass is 9.56. The van der Waals surface area contributed by atoms with Crippen LogP contribution in [0.3, 0.4) is 0 Å². The monoisotopic (exact) mass is 435 g/mol. The van der Waals surface area contributed by atoms with Crippen molar-refractivity contribution in [1.82, 2.24) is 10.2 Å². The summed E-state index contributed by atoms with van der Waals surface area (Å²) in [5.41, 5.74) is -0.431. The number of carbonyl (C=O) groups excluding carboxylic acids is 3. The van der Waals surface area contributed by atoms with E-state index in [4.69, 9.17) is 4.74 Å². The van der Waals surface area contributed by atoms with Gasteiger partial charge in [-0.3, -0.25) is 14.9 Å². The SMILES string of the molecule is CC(C)(C)OC(=O)N1CC2(CC(c3c(F)cc(NC4CCC(=O)NC4=O)cc3F)C2)C1. The quantitative estimate of drug-likeness (QED) is 0.712. The smallest absolute Gasteiger partial charge is 0.410 e. The van der Waals surface area contributed by atoms with Crippen LogP contribution in [0.1, 0.15) is 57.9 Å². The number of amides is 3. The van der Waals surface area contributed by atoms with Gasteiger partial charge in [0, 0.05) is 36.2 Å². The average molecular weight is 435 g/mol. The van der Waals surface area contributed by atoms with E-state index < -0.39 is 29.2 Å². The minimum atomic E-state index is -0.705. The van der Waals surface area contributed by atoms with Gasteiger partial charge >= 0.3 is 6.09 Å². The molecule has 168 valence electrons. The molecule has 3 amide bonds. The van der Waals surface area contributed by atoms with Crippen molar-refractivity contribution in [3.8, 4) is 0 Å². The molecule has 0 bridgehead atoms. The lowest BCUT2D eigenvalue weighted by Crippen LogP contribution is -2.63. The summed E-state index contributed by atoms with van der Waals surface area (Å²) in [4.78, 5) is 36.8. The Balaban J connectivity index is 1.35. The van der Waals surface area contributed by atoms with Crippen molar-refractivity contribution in [3.63, 3.8) is 0 Å². The van der Waals surface area contributed by atoms with Gasteiger partial charge in [-0.15, -0.1) is 0 Å². The lowest BCUT2D eigenvalue weighted by Gasteiger charge is -2.58. The van der Waals surface area contributed by atoms with Gasteiger partial charge in [-0.25, -0.2) is 13.6 Å². The minimum Gasteiger partial charge on any atom is -0.444 e. The second-order valence-corrected chi connectivity index (χ2v) is 9.94. The first-order valence-electron chi connectivity index (χ1n) is 10.5. The summed E-state index contributed by atoms with van der Waals surface area (Å²) in [6, 6.07) is 1.69. The summed E-state index contributed by atoms with van der Waals surface area (Å²) in [6.45, 7) is 6.51. The van der Waals surface area contributed by atoms with E-state index in [9.17, 15) is 23.2 Å². The number of likely N-dealkylation sites (tertiary alicyclic amines) is 1. The van der Waals surface area contributed by atoms with Crippen molar-refractivity contribution < 1.29 is 27.9 Å². The standard InChI is InChI=1S/C22H27F2N3O4/c1-21(2,3)31-20(30)27-10-22(11-27)8-12(9-22)18-14(23)6-13(7-15(18)24)25-16-4-5-17(28)26-19(16)29/h6-7,12,16,25H,4-5,8-11H2,1-3H3,(H,26,28,29). The number of ether oxygens (including phenoxy) is 1. The highest BCUT2D eigenvalue weighted by molar-refractivity contribution is 6.01. The molecular weight excluding hydrogens is 408 g/mol. The Bertz CT molecular complexity index is 906. The van der Waals surface area contributed by atoms with Crippen LogP contribution >= 0.6 is 0 Å². The molecule has 0 aromatic heterocycles. The number of piperidine rings is 1. The molecule has 1 atom stereocenters. The Morgan fingerprint density at radius 3 is 2.35 bits per heavy atom. The van der Waals surface area contributed by atoms with Crippen molar-refractivity contribution in [2.45, 2.75) is 64.0 Å². The van der Waals surface area contributed by atoms with E-state index >= 15 is 0 Å². The molecule has 1 aliphatic carbocycles. The minimum absolute atomic E-state index is 0.0511. The first kappa shape index (κ1) is 21.5. The molecule has 4 rings (SSSR count). The van der Waals surface area contributed by atoms with Gasteiger partial charge < -0.3 is 15.0 Å². The van der Waals surface area contributed by atoms with Crippen LogP contribution in [-0.4, -0.2) is 47.5 Å². The van der Waals surface area contributed by atoms with E-state index in [1.807, 2.05) is 20.8 Å². The van der Waals surface area contributed by atoms with Crippen molar-refractivity contribution in [1.29, 1.82) is 0 Å². The van der Waals surface area contributed by atoms with Crippen LogP contribution in [0.2, 0.25) is 0 Å². The second kappa shape index (κ2) is 7.46. The zero-order valence-corrected chi connectivity index (χ0v) is 17.9. The summed E-state index contributed by atoms with van der Waals surface area (Å²) < 4.78 is 34.8. The number of halogens is 2. The maximum atomic E-state index is 14.7. The van der Waals surface area contributed by atoms with Crippen molar-refractivity contribution >= 4 is 23.6 Å². The Hall–Kier alpha value is -2.71. The highest BCUT2D eigenvalue weighted by atomic mass is 19.1. The van der Waals surface area contributed by atoms with Crippen LogP contribution in [-0.2, 0) is 14.3 Å². The fourth-order valence-corrected chi connectivity index (χ4v) is 4.76. The van der Waals surface area contributed by atoms with Crippen LogP contribution < -0.4 is 10.6 Å². The third-order valence-electron chi connectivity index (χ3n) is 6.13. The second-order valence-electron chi connectivity index (χ2n) is 9.94. The van der Waals surface area contributed by atoms with Crippen molar-refractivity contribution in [2.75, 3.05) is 18.4 Å². The van der Waals surface area contributed by atoms with E-state index in [2.05, 4.69) is 10.6 Å². The number of anilines is 1. The van der Waals surface area contributed by atoms with Gasteiger partial charge in [-0.2, -0.15) is 0 Å². The number of imide groups is 1. The van der Waals surface area contributed by atoms with Gasteiger partial charge in [-0.05, 0) is 58.1 Å². The van der Waals surface area contributed by atoms with E-state index in [1.54, 1.807) is 4.90 Å². The predicted molar refractivity (Wildman–Crippen MR) is 108 cm³/mol. The fourth-order valence-electron chi connectivity index (χ4n) is 4.76. The van der Waals surface area contributed by atoms with Crippen LogP contribution in [0.5, 0.6) is 0 Å². The molecule has 2 heterocycles. The normalized spacial score (nSPS) is 23.1. The van der Waals surface area contributed by atoms with E-state index in [0.717, 1.165) is 0 Å². The number of hydrogen-bond donors (Lipinski definition) is 2. The van der Waals surface area contributed by atoms with Gasteiger partial charge in [0.15, 0.2) is 0 Å². The molecule has 1 aromatic carbocycles. The molecule has 1 spiro atoms. The Kier molecular flexibility index (Phi) is 5.18. The molecule has 1 saturated carbocycles. The molecule has 0 radical (unpaired) electrons. The molecule has 2 N–H and O–H groups in total. The van der Waals surface area contributed by atoms with Gasteiger partial charge in [0.1, 0.15) is 23.3 Å². The number of rotatable bonds is 3. The molecule has 3 fully saturated rings. The molecule has 1 unspecified atom stereocenters. The third-order valence-corrected chi connectivity index (χ3v) is 6.13. The van der Waals surface area contributed by atoms with Crippen molar-refractivity contribution in [3.05, 3.63) is 29.3 Å². The molecule has 7 nitrogen and oxygen atoms in total. The largest absolute Gasteiger partial charge is 0.444 e. The van der Waals surface area contributed by atoms with Crippen LogP contribution in [0.4, 0.5) is 19.3 Å². The summed E-state index contributed by atoms with van der Waals surface area (Å²) in [5.74, 6) is -2.40. The van der Waals surface area contributed by atoms with Crippen molar-refractivity contribution in [2.24, 2.45) is 5.41 Å². The summed E-state index contributed by atoms with van der Waals surface area (Å²) in [6.07, 6.45) is 1.31. The molecule has 31 heavy (non-hydrogen) atoms. The van der Waals surface area contributed by atoms with Gasteiger partial charge in [0.25, 0.3) is 0 Å². The Morgan fingerprint density at radius 1 is 1.19 bits per heavy atom. The van der Waals surface area contributed by atoms with Gasteiger partial charge in [0.05, 0.1) is 0 Å². The summed E-state index contributed by atoms with van der Waals surface area (Å²) >= 11 is 0. The van der Waals surface area contributed by atoms with Gasteiger partial charge in [-0.1, -0.05) is 0 Å². The highest BCUT2D eigenvalue weighted by Crippen LogP contribution is 2.57. The molecule has 3 aliphatic rings. The highest BCUT2D eigenvalue weighted by Gasteiger charge is 2.55. The molecular formula is C22H27F2N3O4. The number of carbonyl (C=O) groups is 3. The van der Waals surface area contributed by atoms with Crippen LogP contribution in [0.15, 0.2) is 12.1 Å². The van der Waals surface area contributed by atoms with Crippen LogP contribution in [0.25, 0.3) is 0 Å². The predicted octanol–water partition coefficient (Wildman–Crippen LogP) is 3.30. The molecule has 1 aromatic rings. The number of nitrogens with one attached hydrogen (secondary N) is 2.